The summed E-state index contributed by atoms with van der Waals surface area (Å²) in [6, 6.07) is 5.23. The predicted octanol–water partition coefficient (Wildman–Crippen LogP) is 4.14. The number of aromatic nitrogens is 1. The van der Waals surface area contributed by atoms with Crippen molar-refractivity contribution in [2.45, 2.75) is 20.0 Å². The van der Waals surface area contributed by atoms with Crippen LogP contribution in [-0.2, 0) is 6.18 Å². The van der Waals surface area contributed by atoms with Crippen molar-refractivity contribution in [2.24, 2.45) is 0 Å². The monoisotopic (exact) mass is 301 g/mol. The van der Waals surface area contributed by atoms with Crippen molar-refractivity contribution in [2.75, 3.05) is 0 Å². The number of rotatable bonds is 2. The minimum atomic E-state index is -4.78. The molecule has 0 radical (unpaired) electrons. The molecule has 0 fully saturated rings. The Hall–Kier alpha value is -1.89. The van der Waals surface area contributed by atoms with E-state index in [1.54, 1.807) is 12.1 Å². The zero-order valence-electron chi connectivity index (χ0n) is 10.6. The molecule has 2 aromatic rings. The summed E-state index contributed by atoms with van der Waals surface area (Å²) in [6.45, 7) is 3.62. The first-order valence-electron chi connectivity index (χ1n) is 5.58. The largest absolute Gasteiger partial charge is 0.477 e. The van der Waals surface area contributed by atoms with E-state index in [1.165, 1.54) is 0 Å². The average Bonchev–Trinajstić information content (AvgIpc) is 2.71. The maximum absolute atomic E-state index is 12.8. The molecule has 0 unspecified atom stereocenters. The molecule has 1 heterocycles. The zero-order valence-corrected chi connectivity index (χ0v) is 11.4. The zero-order chi connectivity index (χ0) is 15.1. The number of thiazole rings is 1. The first-order chi connectivity index (χ1) is 9.18. The normalized spacial score (nSPS) is 11.7. The molecule has 0 bridgehead atoms. The van der Waals surface area contributed by atoms with Crippen molar-refractivity contribution in [3.05, 3.63) is 39.9 Å². The maximum Gasteiger partial charge on any atom is 0.435 e. The second-order valence-corrected chi connectivity index (χ2v) is 5.38. The minimum absolute atomic E-state index is 0.0570. The van der Waals surface area contributed by atoms with Gasteiger partial charge in [-0.25, -0.2) is 9.78 Å². The third-order valence-electron chi connectivity index (χ3n) is 2.56. The summed E-state index contributed by atoms with van der Waals surface area (Å²) in [4.78, 5) is 13.6. The number of carbonyl (C=O) groups is 1. The highest BCUT2D eigenvalue weighted by Crippen LogP contribution is 2.38. The Morgan fingerprint density at radius 1 is 1.20 bits per heavy atom. The van der Waals surface area contributed by atoms with Gasteiger partial charge in [-0.1, -0.05) is 17.2 Å². The summed E-state index contributed by atoms with van der Waals surface area (Å²) in [5.74, 6) is -1.62. The van der Waals surface area contributed by atoms with E-state index < -0.39 is 22.7 Å². The second kappa shape index (κ2) is 4.90. The van der Waals surface area contributed by atoms with Gasteiger partial charge < -0.3 is 5.11 Å². The molecule has 0 saturated carbocycles. The molecule has 0 aliphatic rings. The van der Waals surface area contributed by atoms with Gasteiger partial charge in [0.2, 0.25) is 0 Å². The van der Waals surface area contributed by atoms with E-state index in [1.807, 2.05) is 19.9 Å². The van der Waals surface area contributed by atoms with Crippen LogP contribution in [0.1, 0.15) is 26.5 Å². The van der Waals surface area contributed by atoms with Crippen LogP contribution in [0.2, 0.25) is 0 Å². The fourth-order valence-electron chi connectivity index (χ4n) is 1.88. The van der Waals surface area contributed by atoms with E-state index in [2.05, 4.69) is 4.98 Å². The van der Waals surface area contributed by atoms with Crippen molar-refractivity contribution in [1.82, 2.24) is 4.98 Å². The fourth-order valence-corrected chi connectivity index (χ4v) is 2.79. The molecule has 3 nitrogen and oxygen atoms in total. The van der Waals surface area contributed by atoms with Crippen LogP contribution in [-0.4, -0.2) is 16.1 Å². The molecule has 2 rings (SSSR count). The van der Waals surface area contributed by atoms with Gasteiger partial charge in [0.05, 0.1) is 0 Å². The summed E-state index contributed by atoms with van der Waals surface area (Å²) in [5.41, 5.74) is 0.899. The smallest absolute Gasteiger partial charge is 0.435 e. The Morgan fingerprint density at radius 2 is 1.75 bits per heavy atom. The summed E-state index contributed by atoms with van der Waals surface area (Å²) in [5, 5.41) is 8.93. The van der Waals surface area contributed by atoms with E-state index in [0.717, 1.165) is 11.1 Å². The van der Waals surface area contributed by atoms with Gasteiger partial charge in [-0.15, -0.1) is 11.3 Å². The number of alkyl halides is 3. The molecule has 20 heavy (non-hydrogen) atoms. The van der Waals surface area contributed by atoms with E-state index >= 15 is 0 Å². The number of aromatic carboxylic acids is 1. The van der Waals surface area contributed by atoms with Gasteiger partial charge in [0, 0.05) is 5.56 Å². The number of hydrogen-bond acceptors (Lipinski definition) is 3. The molecular weight excluding hydrogens is 291 g/mol. The van der Waals surface area contributed by atoms with Gasteiger partial charge in [-0.05, 0) is 26.0 Å². The number of carboxylic acid groups (broad SMARTS) is 1. The van der Waals surface area contributed by atoms with Gasteiger partial charge in [-0.3, -0.25) is 0 Å². The van der Waals surface area contributed by atoms with E-state index in [-0.39, 0.29) is 5.01 Å². The number of aryl methyl sites for hydroxylation is 2. The summed E-state index contributed by atoms with van der Waals surface area (Å²) in [6.07, 6.45) is -4.78. The first-order valence-corrected chi connectivity index (χ1v) is 6.40. The Morgan fingerprint density at radius 3 is 2.15 bits per heavy atom. The van der Waals surface area contributed by atoms with Crippen molar-refractivity contribution in [1.29, 1.82) is 0 Å². The van der Waals surface area contributed by atoms with Crippen LogP contribution in [0.25, 0.3) is 10.6 Å². The van der Waals surface area contributed by atoms with Crippen molar-refractivity contribution in [3.8, 4) is 10.6 Å². The molecule has 0 amide bonds. The molecule has 1 aromatic carbocycles. The van der Waals surface area contributed by atoms with Crippen LogP contribution < -0.4 is 0 Å². The third-order valence-corrected chi connectivity index (χ3v) is 3.65. The van der Waals surface area contributed by atoms with Crippen LogP contribution in [0.15, 0.2) is 18.2 Å². The van der Waals surface area contributed by atoms with Crippen LogP contribution in [0.5, 0.6) is 0 Å². The highest BCUT2D eigenvalue weighted by atomic mass is 32.1. The summed E-state index contributed by atoms with van der Waals surface area (Å²) in [7, 11) is 0. The van der Waals surface area contributed by atoms with Crippen molar-refractivity contribution < 1.29 is 23.1 Å². The molecule has 0 saturated heterocycles. The van der Waals surface area contributed by atoms with E-state index in [4.69, 9.17) is 5.11 Å². The topological polar surface area (TPSA) is 50.2 Å². The lowest BCUT2D eigenvalue weighted by atomic mass is 10.1. The predicted molar refractivity (Wildman–Crippen MR) is 69.0 cm³/mol. The van der Waals surface area contributed by atoms with Gasteiger partial charge in [0.25, 0.3) is 0 Å². The lowest BCUT2D eigenvalue weighted by Gasteiger charge is -2.03. The number of hydrogen-bond donors (Lipinski definition) is 1. The van der Waals surface area contributed by atoms with E-state index in [9.17, 15) is 18.0 Å². The lowest BCUT2D eigenvalue weighted by Crippen LogP contribution is -2.11. The molecular formula is C13H10F3NO2S. The van der Waals surface area contributed by atoms with Gasteiger partial charge in [-0.2, -0.15) is 13.2 Å². The highest BCUT2D eigenvalue weighted by Gasteiger charge is 2.39. The molecule has 0 spiro atoms. The molecule has 0 atom stereocenters. The molecule has 0 aliphatic carbocycles. The quantitative estimate of drug-likeness (QED) is 0.906. The molecule has 106 valence electrons. The second-order valence-electron chi connectivity index (χ2n) is 4.38. The Kier molecular flexibility index (Phi) is 3.56. The van der Waals surface area contributed by atoms with Gasteiger partial charge in [0.15, 0.2) is 5.69 Å². The van der Waals surface area contributed by atoms with Crippen LogP contribution in [0.3, 0.4) is 0 Å². The maximum atomic E-state index is 12.8. The molecule has 1 aromatic heterocycles. The SMILES string of the molecule is Cc1cc(C)cc(-c2nc(C(F)(F)F)c(C(=O)O)s2)c1. The van der Waals surface area contributed by atoms with Crippen LogP contribution in [0, 0.1) is 13.8 Å². The van der Waals surface area contributed by atoms with Crippen LogP contribution in [0.4, 0.5) is 13.2 Å². The Balaban J connectivity index is 2.62. The van der Waals surface area contributed by atoms with Crippen LogP contribution >= 0.6 is 11.3 Å². The minimum Gasteiger partial charge on any atom is -0.477 e. The molecule has 1 N–H and O–H groups in total. The Bertz CT molecular complexity index is 656. The van der Waals surface area contributed by atoms with Gasteiger partial charge in [0.1, 0.15) is 9.88 Å². The number of halogens is 3. The van der Waals surface area contributed by atoms with Crippen molar-refractivity contribution in [3.63, 3.8) is 0 Å². The van der Waals surface area contributed by atoms with Gasteiger partial charge >= 0.3 is 12.1 Å². The first kappa shape index (κ1) is 14.5. The van der Waals surface area contributed by atoms with Crippen molar-refractivity contribution >= 4 is 17.3 Å². The number of carboxylic acids is 1. The van der Waals surface area contributed by atoms with E-state index in [0.29, 0.717) is 16.9 Å². The average molecular weight is 301 g/mol. The molecule has 7 heteroatoms. The number of nitrogens with zero attached hydrogens (tertiary/aromatic N) is 1. The summed E-state index contributed by atoms with van der Waals surface area (Å²) >= 11 is 0.534. The lowest BCUT2D eigenvalue weighted by molar-refractivity contribution is -0.141. The number of benzene rings is 1. The Labute approximate surface area is 116 Å². The summed E-state index contributed by atoms with van der Waals surface area (Å²) < 4.78 is 38.3. The third kappa shape index (κ3) is 2.82. The fraction of sp³-hybridized carbons (Fsp3) is 0.231. The molecule has 0 aliphatic heterocycles. The highest BCUT2D eigenvalue weighted by molar-refractivity contribution is 7.17. The standard InChI is InChI=1S/C13H10F3NO2S/c1-6-3-7(2)5-8(4-6)11-17-10(13(14,15)16)9(20-11)12(18)19/h3-5H,1-2H3,(H,18,19).